The SMILES string of the molecule is O=C(O)C[C@H]1[C@H](CCC(=O)C23CC4CC(CC(C4)C2)C3)[C@@H](Oc2ccc(-c3ccccc3)cc2)C[C@H]1O. The van der Waals surface area contributed by atoms with Gasteiger partial charge in [-0.2, -0.15) is 0 Å². The Kier molecular flexibility index (Phi) is 6.60. The fourth-order valence-electron chi connectivity index (χ4n) is 8.72. The van der Waals surface area contributed by atoms with E-state index in [-0.39, 0.29) is 23.9 Å². The van der Waals surface area contributed by atoms with E-state index >= 15 is 0 Å². The molecule has 5 aliphatic rings. The first-order valence-electron chi connectivity index (χ1n) is 14.1. The zero-order valence-corrected chi connectivity index (χ0v) is 21.4. The molecule has 4 bridgehead atoms. The molecule has 0 heterocycles. The second-order valence-electron chi connectivity index (χ2n) is 12.4. The molecular weight excluding hydrogens is 464 g/mol. The van der Waals surface area contributed by atoms with Crippen molar-refractivity contribution in [3.8, 4) is 16.9 Å². The molecule has 0 aliphatic heterocycles. The number of carboxylic acids is 1. The Morgan fingerprint density at radius 1 is 0.811 bits per heavy atom. The van der Waals surface area contributed by atoms with Gasteiger partial charge < -0.3 is 14.9 Å². The molecule has 2 aromatic carbocycles. The second-order valence-corrected chi connectivity index (χ2v) is 12.4. The fraction of sp³-hybridized carbons (Fsp3) is 0.562. The molecule has 0 saturated heterocycles. The van der Waals surface area contributed by atoms with Crippen LogP contribution in [0.5, 0.6) is 5.75 Å². The van der Waals surface area contributed by atoms with E-state index in [9.17, 15) is 19.8 Å². The standard InChI is InChI=1S/C32H38O5/c33-28-16-29(37-25-8-6-24(7-9-25)23-4-2-1-3-5-23)26(27(28)15-31(35)36)10-11-30(34)32-17-20-12-21(18-32)14-22(13-20)19-32/h1-9,20-22,26-29,33H,10-19H2,(H,35,36)/t20?,21?,22?,26-,27-,28+,29-,32?/m0/s1. The summed E-state index contributed by atoms with van der Waals surface area (Å²) >= 11 is 0. The average molecular weight is 503 g/mol. The molecule has 2 aromatic rings. The zero-order valence-electron chi connectivity index (χ0n) is 21.4. The van der Waals surface area contributed by atoms with Gasteiger partial charge in [-0.1, -0.05) is 42.5 Å². The molecule has 0 aromatic heterocycles. The lowest BCUT2D eigenvalue weighted by Gasteiger charge is -2.56. The normalized spacial score (nSPS) is 36.0. The molecule has 5 nitrogen and oxygen atoms in total. The van der Waals surface area contributed by atoms with Gasteiger partial charge in [0.1, 0.15) is 17.6 Å². The number of rotatable bonds is 9. The average Bonchev–Trinajstić information content (AvgIpc) is 3.15. The molecule has 5 heteroatoms. The molecule has 0 amide bonds. The Bertz CT molecular complexity index is 1090. The number of aliphatic hydroxyl groups excluding tert-OH is 1. The summed E-state index contributed by atoms with van der Waals surface area (Å²) in [6, 6.07) is 18.1. The van der Waals surface area contributed by atoms with Crippen molar-refractivity contribution in [1.82, 2.24) is 0 Å². The number of hydrogen-bond donors (Lipinski definition) is 2. The van der Waals surface area contributed by atoms with Gasteiger partial charge in [0.25, 0.3) is 0 Å². The maximum absolute atomic E-state index is 13.7. The van der Waals surface area contributed by atoms with Crippen LogP contribution in [-0.4, -0.2) is 34.2 Å². The molecule has 0 spiro atoms. The summed E-state index contributed by atoms with van der Waals surface area (Å²) in [7, 11) is 0. The highest BCUT2D eigenvalue weighted by Gasteiger charge is 2.54. The largest absolute Gasteiger partial charge is 0.490 e. The first-order chi connectivity index (χ1) is 17.9. The predicted molar refractivity (Wildman–Crippen MR) is 141 cm³/mol. The van der Waals surface area contributed by atoms with E-state index in [0.717, 1.165) is 48.1 Å². The van der Waals surface area contributed by atoms with Crippen molar-refractivity contribution in [3.05, 3.63) is 54.6 Å². The summed E-state index contributed by atoms with van der Waals surface area (Å²) in [4.78, 5) is 25.3. The van der Waals surface area contributed by atoms with Gasteiger partial charge in [0.2, 0.25) is 0 Å². The number of carbonyl (C=O) groups excluding carboxylic acids is 1. The summed E-state index contributed by atoms with van der Waals surface area (Å²) in [5.41, 5.74) is 2.09. The number of benzene rings is 2. The fourth-order valence-corrected chi connectivity index (χ4v) is 8.72. The van der Waals surface area contributed by atoms with Crippen LogP contribution < -0.4 is 4.74 Å². The Balaban J connectivity index is 1.16. The number of ether oxygens (including phenoxy) is 1. The predicted octanol–water partition coefficient (Wildman–Crippen LogP) is 6.14. The Morgan fingerprint density at radius 2 is 1.41 bits per heavy atom. The molecule has 0 unspecified atom stereocenters. The lowest BCUT2D eigenvalue weighted by atomic mass is 9.48. The number of carbonyl (C=O) groups is 2. The highest BCUT2D eigenvalue weighted by molar-refractivity contribution is 5.85. The van der Waals surface area contributed by atoms with E-state index < -0.39 is 18.0 Å². The lowest BCUT2D eigenvalue weighted by Crippen LogP contribution is -2.50. The third kappa shape index (κ3) is 4.95. The first kappa shape index (κ1) is 24.7. The molecule has 7 rings (SSSR count). The van der Waals surface area contributed by atoms with Gasteiger partial charge in [0.05, 0.1) is 12.5 Å². The second kappa shape index (κ2) is 9.90. The molecule has 0 radical (unpaired) electrons. The topological polar surface area (TPSA) is 83.8 Å². The highest BCUT2D eigenvalue weighted by Crippen LogP contribution is 2.60. The number of ketones is 1. The van der Waals surface area contributed by atoms with Crippen LogP contribution in [0, 0.1) is 35.0 Å². The van der Waals surface area contributed by atoms with Gasteiger partial charge in [-0.05, 0) is 86.0 Å². The molecule has 2 N–H and O–H groups in total. The minimum absolute atomic E-state index is 0.0931. The van der Waals surface area contributed by atoms with Crippen molar-refractivity contribution in [2.75, 3.05) is 0 Å². The first-order valence-corrected chi connectivity index (χ1v) is 14.1. The lowest BCUT2D eigenvalue weighted by molar-refractivity contribution is -0.144. The van der Waals surface area contributed by atoms with Gasteiger partial charge in [0, 0.05) is 30.1 Å². The minimum atomic E-state index is -0.908. The summed E-state index contributed by atoms with van der Waals surface area (Å²) < 4.78 is 6.38. The van der Waals surface area contributed by atoms with Crippen molar-refractivity contribution in [2.24, 2.45) is 35.0 Å². The summed E-state index contributed by atoms with van der Waals surface area (Å²) in [6.07, 6.45) is 7.40. The van der Waals surface area contributed by atoms with Gasteiger partial charge in [-0.3, -0.25) is 9.59 Å². The molecule has 37 heavy (non-hydrogen) atoms. The van der Waals surface area contributed by atoms with Crippen LogP contribution in [0.1, 0.15) is 64.2 Å². The van der Waals surface area contributed by atoms with Crippen LogP contribution in [0.15, 0.2) is 54.6 Å². The molecular formula is C32H38O5. The number of aliphatic hydroxyl groups is 1. The van der Waals surface area contributed by atoms with Crippen molar-refractivity contribution in [2.45, 2.75) is 76.4 Å². The van der Waals surface area contributed by atoms with E-state index in [4.69, 9.17) is 4.74 Å². The molecule has 4 atom stereocenters. The maximum atomic E-state index is 13.7. The molecule has 5 saturated carbocycles. The van der Waals surface area contributed by atoms with Crippen LogP contribution in [-0.2, 0) is 9.59 Å². The highest BCUT2D eigenvalue weighted by atomic mass is 16.5. The van der Waals surface area contributed by atoms with E-state index in [2.05, 4.69) is 12.1 Å². The van der Waals surface area contributed by atoms with E-state index in [1.165, 1.54) is 19.3 Å². The van der Waals surface area contributed by atoms with Crippen molar-refractivity contribution in [3.63, 3.8) is 0 Å². The molecule has 196 valence electrons. The Labute approximate surface area is 219 Å². The number of aliphatic carboxylic acids is 1. The van der Waals surface area contributed by atoms with Crippen molar-refractivity contribution in [1.29, 1.82) is 0 Å². The quantitative estimate of drug-likeness (QED) is 0.430. The van der Waals surface area contributed by atoms with Crippen LogP contribution in [0.4, 0.5) is 0 Å². The van der Waals surface area contributed by atoms with Gasteiger partial charge in [0.15, 0.2) is 0 Å². The van der Waals surface area contributed by atoms with Crippen LogP contribution in [0.2, 0.25) is 0 Å². The van der Waals surface area contributed by atoms with Crippen LogP contribution >= 0.6 is 0 Å². The summed E-state index contributed by atoms with van der Waals surface area (Å²) in [6.45, 7) is 0. The summed E-state index contributed by atoms with van der Waals surface area (Å²) in [5.74, 6) is 1.80. The number of Topliss-reactive ketones (excluding diaryl/α,β-unsaturated/α-hetero) is 1. The minimum Gasteiger partial charge on any atom is -0.490 e. The van der Waals surface area contributed by atoms with Gasteiger partial charge >= 0.3 is 5.97 Å². The van der Waals surface area contributed by atoms with Crippen LogP contribution in [0.3, 0.4) is 0 Å². The number of carboxylic acid groups (broad SMARTS) is 1. The maximum Gasteiger partial charge on any atom is 0.303 e. The van der Waals surface area contributed by atoms with Crippen LogP contribution in [0.25, 0.3) is 11.1 Å². The molecule has 5 fully saturated rings. The van der Waals surface area contributed by atoms with E-state index in [1.807, 2.05) is 42.5 Å². The van der Waals surface area contributed by atoms with Gasteiger partial charge in [-0.25, -0.2) is 0 Å². The third-order valence-electron chi connectivity index (χ3n) is 9.99. The van der Waals surface area contributed by atoms with Crippen molar-refractivity contribution < 1.29 is 24.5 Å². The molecule has 5 aliphatic carbocycles. The monoisotopic (exact) mass is 502 g/mol. The Hall–Kier alpha value is -2.66. The summed E-state index contributed by atoms with van der Waals surface area (Å²) in [5, 5.41) is 20.4. The third-order valence-corrected chi connectivity index (χ3v) is 9.99. The van der Waals surface area contributed by atoms with Gasteiger partial charge in [-0.15, -0.1) is 0 Å². The smallest absolute Gasteiger partial charge is 0.303 e. The van der Waals surface area contributed by atoms with E-state index in [1.54, 1.807) is 0 Å². The zero-order chi connectivity index (χ0) is 25.6. The van der Waals surface area contributed by atoms with Crippen molar-refractivity contribution >= 4 is 11.8 Å². The number of hydrogen-bond acceptors (Lipinski definition) is 4. The Morgan fingerprint density at radius 3 is 2.00 bits per heavy atom. The van der Waals surface area contributed by atoms with E-state index in [0.29, 0.717) is 30.8 Å².